The van der Waals surface area contributed by atoms with Gasteiger partial charge in [0.1, 0.15) is 12.1 Å². The fraction of sp³-hybridized carbons (Fsp3) is 0.786. The number of nitrogens with two attached hydrogens (primary N) is 2. The molecule has 132 valence electrons. The average Bonchev–Trinajstić information content (AvgIpc) is 3.00. The zero-order chi connectivity index (χ0) is 17.4. The molecule has 0 aliphatic carbocycles. The predicted molar refractivity (Wildman–Crippen MR) is 89.0 cm³/mol. The van der Waals surface area contributed by atoms with Crippen molar-refractivity contribution in [3.05, 3.63) is 0 Å². The molecule has 1 aliphatic heterocycles. The number of hydrogen-bond donors (Lipinski definition) is 5. The number of aliphatic carboxylic acids is 1. The van der Waals surface area contributed by atoms with E-state index in [1.807, 2.05) is 0 Å². The summed E-state index contributed by atoms with van der Waals surface area (Å²) in [6.07, 6.45) is 3.28. The molecule has 2 amide bonds. The van der Waals surface area contributed by atoms with E-state index in [2.05, 4.69) is 17.9 Å². The molecule has 0 spiro atoms. The van der Waals surface area contributed by atoms with E-state index in [4.69, 9.17) is 16.6 Å². The highest BCUT2D eigenvalue weighted by Crippen LogP contribution is 2.19. The van der Waals surface area contributed by atoms with Crippen LogP contribution in [0, 0.1) is 0 Å². The maximum Gasteiger partial charge on any atom is 0.327 e. The van der Waals surface area contributed by atoms with E-state index in [1.54, 1.807) is 0 Å². The van der Waals surface area contributed by atoms with Crippen LogP contribution in [0.2, 0.25) is 0 Å². The summed E-state index contributed by atoms with van der Waals surface area (Å²) in [6.45, 7) is 1.01. The number of carbonyl (C=O) groups excluding carboxylic acids is 2. The molecule has 0 aromatic carbocycles. The van der Waals surface area contributed by atoms with Crippen molar-refractivity contribution in [2.45, 2.75) is 50.2 Å². The highest BCUT2D eigenvalue weighted by atomic mass is 32.1. The quantitative estimate of drug-likeness (QED) is 0.266. The maximum atomic E-state index is 12.4. The summed E-state index contributed by atoms with van der Waals surface area (Å²) in [4.78, 5) is 37.1. The van der Waals surface area contributed by atoms with Crippen molar-refractivity contribution >= 4 is 30.4 Å². The Bertz CT molecular complexity index is 435. The van der Waals surface area contributed by atoms with Crippen LogP contribution in [-0.4, -0.2) is 64.8 Å². The second kappa shape index (κ2) is 9.74. The number of rotatable bonds is 9. The minimum atomic E-state index is -1.15. The van der Waals surface area contributed by atoms with E-state index in [0.29, 0.717) is 32.4 Å². The van der Waals surface area contributed by atoms with Crippen LogP contribution in [0.15, 0.2) is 0 Å². The van der Waals surface area contributed by atoms with Crippen LogP contribution in [0.3, 0.4) is 0 Å². The fourth-order valence-corrected chi connectivity index (χ4v) is 2.85. The Morgan fingerprint density at radius 3 is 2.61 bits per heavy atom. The SMILES string of the molecule is NCCCC[C@H](N)C(=O)N1CCC[C@H]1C(=O)N[C@@H](CS)C(=O)O. The number of likely N-dealkylation sites (tertiary alicyclic amines) is 1. The Balaban J connectivity index is 2.63. The van der Waals surface area contributed by atoms with Gasteiger partial charge in [0, 0.05) is 12.3 Å². The van der Waals surface area contributed by atoms with Gasteiger partial charge in [-0.05, 0) is 32.2 Å². The van der Waals surface area contributed by atoms with Crippen LogP contribution in [0.4, 0.5) is 0 Å². The molecule has 0 unspecified atom stereocenters. The lowest BCUT2D eigenvalue weighted by Gasteiger charge is -2.27. The summed E-state index contributed by atoms with van der Waals surface area (Å²) >= 11 is 3.91. The van der Waals surface area contributed by atoms with E-state index in [-0.39, 0.29) is 11.7 Å². The summed E-state index contributed by atoms with van der Waals surface area (Å²) in [5.74, 6) is -1.90. The Labute approximate surface area is 141 Å². The molecule has 9 heteroatoms. The van der Waals surface area contributed by atoms with Gasteiger partial charge in [-0.25, -0.2) is 4.79 Å². The van der Waals surface area contributed by atoms with E-state index in [1.165, 1.54) is 4.90 Å². The van der Waals surface area contributed by atoms with Crippen LogP contribution in [0.25, 0.3) is 0 Å². The second-order valence-electron chi connectivity index (χ2n) is 5.66. The number of thiol groups is 1. The van der Waals surface area contributed by atoms with Gasteiger partial charge in [0.25, 0.3) is 0 Å². The Hall–Kier alpha value is -1.32. The number of amides is 2. The Kier molecular flexibility index (Phi) is 8.35. The van der Waals surface area contributed by atoms with Gasteiger partial charge in [0.05, 0.1) is 6.04 Å². The van der Waals surface area contributed by atoms with Crippen LogP contribution in [-0.2, 0) is 14.4 Å². The molecule has 0 saturated carbocycles. The molecule has 1 fully saturated rings. The largest absolute Gasteiger partial charge is 0.480 e. The van der Waals surface area contributed by atoms with Crippen molar-refractivity contribution in [3.8, 4) is 0 Å². The lowest BCUT2D eigenvalue weighted by Crippen LogP contribution is -2.54. The van der Waals surface area contributed by atoms with E-state index >= 15 is 0 Å². The van der Waals surface area contributed by atoms with Crippen LogP contribution in [0.5, 0.6) is 0 Å². The van der Waals surface area contributed by atoms with Crippen molar-refractivity contribution in [2.75, 3.05) is 18.8 Å². The van der Waals surface area contributed by atoms with Crippen molar-refractivity contribution in [2.24, 2.45) is 11.5 Å². The Morgan fingerprint density at radius 1 is 1.35 bits per heavy atom. The van der Waals surface area contributed by atoms with Crippen molar-refractivity contribution in [1.82, 2.24) is 10.2 Å². The van der Waals surface area contributed by atoms with E-state index < -0.39 is 30.0 Å². The third-order valence-electron chi connectivity index (χ3n) is 3.92. The first-order valence-electron chi connectivity index (χ1n) is 7.82. The maximum absolute atomic E-state index is 12.4. The van der Waals surface area contributed by atoms with E-state index in [0.717, 1.165) is 12.8 Å². The Morgan fingerprint density at radius 2 is 2.04 bits per heavy atom. The summed E-state index contributed by atoms with van der Waals surface area (Å²) in [7, 11) is 0. The minimum Gasteiger partial charge on any atom is -0.480 e. The van der Waals surface area contributed by atoms with Gasteiger partial charge in [0.2, 0.25) is 11.8 Å². The number of carboxylic acid groups (broad SMARTS) is 1. The molecule has 1 saturated heterocycles. The standard InChI is InChI=1S/C14H26N4O4S/c15-6-2-1-4-9(16)13(20)18-7-3-5-11(18)12(19)17-10(8-23)14(21)22/h9-11,23H,1-8,15-16H2,(H,17,19)(H,21,22)/t9-,10-,11-/m0/s1. The third kappa shape index (κ3) is 5.67. The van der Waals surface area contributed by atoms with Gasteiger partial charge in [-0.3, -0.25) is 9.59 Å². The van der Waals surface area contributed by atoms with Gasteiger partial charge in [-0.1, -0.05) is 6.42 Å². The summed E-state index contributed by atoms with van der Waals surface area (Å²) < 4.78 is 0. The molecule has 8 nitrogen and oxygen atoms in total. The number of nitrogens with one attached hydrogen (secondary N) is 1. The first-order valence-corrected chi connectivity index (χ1v) is 8.45. The molecule has 0 radical (unpaired) electrons. The van der Waals surface area contributed by atoms with Crippen LogP contribution in [0.1, 0.15) is 32.1 Å². The topological polar surface area (TPSA) is 139 Å². The summed E-state index contributed by atoms with van der Waals surface area (Å²) in [5.41, 5.74) is 11.3. The summed E-state index contributed by atoms with van der Waals surface area (Å²) in [5, 5.41) is 11.4. The molecule has 0 bridgehead atoms. The number of carbonyl (C=O) groups is 3. The van der Waals surface area contributed by atoms with Crippen molar-refractivity contribution in [3.63, 3.8) is 0 Å². The van der Waals surface area contributed by atoms with Gasteiger partial charge in [0.15, 0.2) is 0 Å². The molecular formula is C14H26N4O4S. The zero-order valence-electron chi connectivity index (χ0n) is 13.1. The van der Waals surface area contributed by atoms with Crippen molar-refractivity contribution in [1.29, 1.82) is 0 Å². The molecule has 0 aromatic heterocycles. The molecule has 1 rings (SSSR count). The van der Waals surface area contributed by atoms with Crippen LogP contribution < -0.4 is 16.8 Å². The van der Waals surface area contributed by atoms with Gasteiger partial charge in [-0.15, -0.1) is 0 Å². The molecule has 1 aliphatic rings. The number of nitrogens with zero attached hydrogens (tertiary/aromatic N) is 1. The normalized spacial score (nSPS) is 20.1. The van der Waals surface area contributed by atoms with Gasteiger partial charge < -0.3 is 26.8 Å². The number of unbranched alkanes of at least 4 members (excludes halogenated alkanes) is 1. The zero-order valence-corrected chi connectivity index (χ0v) is 14.0. The predicted octanol–water partition coefficient (Wildman–Crippen LogP) is -1.07. The first-order chi connectivity index (χ1) is 10.9. The fourth-order valence-electron chi connectivity index (χ4n) is 2.60. The second-order valence-corrected chi connectivity index (χ2v) is 6.03. The lowest BCUT2D eigenvalue weighted by molar-refractivity contribution is -0.143. The molecule has 23 heavy (non-hydrogen) atoms. The monoisotopic (exact) mass is 346 g/mol. The molecule has 0 aromatic rings. The van der Waals surface area contributed by atoms with Gasteiger partial charge >= 0.3 is 5.97 Å². The smallest absolute Gasteiger partial charge is 0.327 e. The molecule has 1 heterocycles. The lowest BCUT2D eigenvalue weighted by atomic mass is 10.1. The average molecular weight is 346 g/mol. The summed E-state index contributed by atoms with van der Waals surface area (Å²) in [6, 6.07) is -2.39. The highest BCUT2D eigenvalue weighted by Gasteiger charge is 2.37. The molecule has 6 N–H and O–H groups in total. The van der Waals surface area contributed by atoms with E-state index in [9.17, 15) is 14.4 Å². The first kappa shape index (κ1) is 19.7. The van der Waals surface area contributed by atoms with Crippen molar-refractivity contribution < 1.29 is 19.5 Å². The molecular weight excluding hydrogens is 320 g/mol. The van der Waals surface area contributed by atoms with Crippen LogP contribution >= 0.6 is 12.6 Å². The third-order valence-corrected chi connectivity index (χ3v) is 4.29. The minimum absolute atomic E-state index is 0.0135. The molecule has 3 atom stereocenters. The highest BCUT2D eigenvalue weighted by molar-refractivity contribution is 7.80. The number of carboxylic acids is 1. The van der Waals surface area contributed by atoms with Gasteiger partial charge in [-0.2, -0.15) is 12.6 Å². The number of hydrogen-bond acceptors (Lipinski definition) is 6.